The Morgan fingerprint density at radius 2 is 2.05 bits per heavy atom. The van der Waals surface area contributed by atoms with Crippen molar-refractivity contribution in [2.75, 3.05) is 7.11 Å². The average molecular weight is 349 g/mol. The maximum Gasteiger partial charge on any atom is 0.271 e. The summed E-state index contributed by atoms with van der Waals surface area (Å²) in [7, 11) is 1.63. The number of nitrogens with one attached hydrogen (secondary N) is 1. The number of hydrogen-bond donors (Lipinski definition) is 1. The molecule has 0 aliphatic rings. The van der Waals surface area contributed by atoms with Crippen LogP contribution in [-0.4, -0.2) is 18.0 Å². The van der Waals surface area contributed by atoms with E-state index in [0.717, 1.165) is 17.7 Å². The van der Waals surface area contributed by atoms with E-state index in [-0.39, 0.29) is 11.9 Å². The van der Waals surface area contributed by atoms with Gasteiger partial charge in [-0.05, 0) is 52.2 Å². The molecule has 1 N–H and O–H groups in total. The third-order valence-corrected chi connectivity index (χ3v) is 3.85. The molecule has 1 amide bonds. The van der Waals surface area contributed by atoms with Gasteiger partial charge in [0.05, 0.1) is 13.2 Å². The highest BCUT2D eigenvalue weighted by Gasteiger charge is 2.16. The Labute approximate surface area is 132 Å². The molecule has 0 fully saturated rings. The molecule has 2 rings (SSSR count). The first kappa shape index (κ1) is 15.5. The molecule has 1 atom stereocenters. The lowest BCUT2D eigenvalue weighted by molar-refractivity contribution is 0.0929. The number of carbonyl (C=O) groups excluding carboxylic acids is 1. The minimum absolute atomic E-state index is 0.0580. The minimum Gasteiger partial charge on any atom is -0.497 e. The van der Waals surface area contributed by atoms with Crippen LogP contribution in [0, 0.1) is 0 Å². The second-order valence-electron chi connectivity index (χ2n) is 4.54. The Morgan fingerprint density at radius 1 is 1.33 bits per heavy atom. The predicted molar refractivity (Wildman–Crippen MR) is 85.4 cm³/mol. The molecule has 0 bridgehead atoms. The maximum absolute atomic E-state index is 12.3. The monoisotopic (exact) mass is 348 g/mol. The van der Waals surface area contributed by atoms with Gasteiger partial charge in [-0.25, -0.2) is 4.98 Å². The number of carbonyl (C=O) groups is 1. The SMILES string of the molecule is CCC(NC(=O)c1ncccc1Br)c1ccc(OC)cc1. The van der Waals surface area contributed by atoms with E-state index in [4.69, 9.17) is 4.74 Å². The van der Waals surface area contributed by atoms with Gasteiger partial charge in [0.2, 0.25) is 0 Å². The van der Waals surface area contributed by atoms with Crippen molar-refractivity contribution in [2.45, 2.75) is 19.4 Å². The van der Waals surface area contributed by atoms with Crippen LogP contribution >= 0.6 is 15.9 Å². The van der Waals surface area contributed by atoms with E-state index in [1.165, 1.54) is 0 Å². The smallest absolute Gasteiger partial charge is 0.271 e. The lowest BCUT2D eigenvalue weighted by atomic mass is 10.0. The number of methoxy groups -OCH3 is 1. The molecular weight excluding hydrogens is 332 g/mol. The lowest BCUT2D eigenvalue weighted by Gasteiger charge is -2.18. The van der Waals surface area contributed by atoms with Crippen molar-refractivity contribution in [2.24, 2.45) is 0 Å². The van der Waals surface area contributed by atoms with Gasteiger partial charge in [0.25, 0.3) is 5.91 Å². The van der Waals surface area contributed by atoms with Crippen LogP contribution in [0.5, 0.6) is 5.75 Å². The summed E-state index contributed by atoms with van der Waals surface area (Å²) in [6.45, 7) is 2.03. The fraction of sp³-hybridized carbons (Fsp3) is 0.250. The molecule has 0 spiro atoms. The van der Waals surface area contributed by atoms with Crippen molar-refractivity contribution in [3.63, 3.8) is 0 Å². The zero-order valence-electron chi connectivity index (χ0n) is 12.0. The molecule has 2 aromatic rings. The van der Waals surface area contributed by atoms with Gasteiger partial charge >= 0.3 is 0 Å². The van der Waals surface area contributed by atoms with Crippen LogP contribution in [0.3, 0.4) is 0 Å². The summed E-state index contributed by atoms with van der Waals surface area (Å²) in [4.78, 5) is 16.4. The summed E-state index contributed by atoms with van der Waals surface area (Å²) < 4.78 is 5.83. The van der Waals surface area contributed by atoms with E-state index in [9.17, 15) is 4.79 Å². The van der Waals surface area contributed by atoms with Gasteiger partial charge in [0.1, 0.15) is 11.4 Å². The van der Waals surface area contributed by atoms with Crippen LogP contribution in [-0.2, 0) is 0 Å². The van der Waals surface area contributed by atoms with Gasteiger partial charge in [-0.15, -0.1) is 0 Å². The van der Waals surface area contributed by atoms with Crippen LogP contribution in [0.1, 0.15) is 35.4 Å². The minimum atomic E-state index is -0.190. The normalized spacial score (nSPS) is 11.8. The molecule has 0 aliphatic heterocycles. The van der Waals surface area contributed by atoms with Crippen LogP contribution in [0.4, 0.5) is 0 Å². The molecule has 0 radical (unpaired) electrons. The molecule has 110 valence electrons. The third-order valence-electron chi connectivity index (χ3n) is 3.21. The zero-order chi connectivity index (χ0) is 15.2. The van der Waals surface area contributed by atoms with E-state index in [1.54, 1.807) is 25.4 Å². The van der Waals surface area contributed by atoms with Gasteiger partial charge < -0.3 is 10.1 Å². The number of benzene rings is 1. The zero-order valence-corrected chi connectivity index (χ0v) is 13.6. The number of hydrogen-bond acceptors (Lipinski definition) is 3. The summed E-state index contributed by atoms with van der Waals surface area (Å²) >= 11 is 3.34. The molecule has 0 saturated heterocycles. The van der Waals surface area contributed by atoms with Crippen LogP contribution in [0.25, 0.3) is 0 Å². The summed E-state index contributed by atoms with van der Waals surface area (Å²) in [5.41, 5.74) is 1.43. The van der Waals surface area contributed by atoms with E-state index in [1.807, 2.05) is 31.2 Å². The van der Waals surface area contributed by atoms with E-state index >= 15 is 0 Å². The lowest BCUT2D eigenvalue weighted by Crippen LogP contribution is -2.29. The van der Waals surface area contributed by atoms with E-state index in [0.29, 0.717) is 10.2 Å². The van der Waals surface area contributed by atoms with Crippen molar-refractivity contribution >= 4 is 21.8 Å². The number of nitrogens with zero attached hydrogens (tertiary/aromatic N) is 1. The largest absolute Gasteiger partial charge is 0.497 e. The summed E-state index contributed by atoms with van der Waals surface area (Å²) in [6, 6.07) is 11.2. The Morgan fingerprint density at radius 3 is 2.62 bits per heavy atom. The highest BCUT2D eigenvalue weighted by Crippen LogP contribution is 2.21. The fourth-order valence-corrected chi connectivity index (χ4v) is 2.47. The number of amides is 1. The summed E-state index contributed by atoms with van der Waals surface area (Å²) in [5, 5.41) is 3.01. The number of pyridine rings is 1. The Balaban J connectivity index is 2.15. The van der Waals surface area contributed by atoms with Crippen molar-refractivity contribution in [1.29, 1.82) is 0 Å². The molecule has 0 saturated carbocycles. The Hall–Kier alpha value is -1.88. The fourth-order valence-electron chi connectivity index (χ4n) is 2.04. The topological polar surface area (TPSA) is 51.2 Å². The van der Waals surface area contributed by atoms with Crippen LogP contribution in [0.2, 0.25) is 0 Å². The van der Waals surface area contributed by atoms with Gasteiger partial charge in [0.15, 0.2) is 0 Å². The quantitative estimate of drug-likeness (QED) is 0.895. The van der Waals surface area contributed by atoms with Crippen molar-refractivity contribution in [3.8, 4) is 5.75 Å². The average Bonchev–Trinajstić information content (AvgIpc) is 2.53. The Kier molecular flexibility index (Phi) is 5.33. The van der Waals surface area contributed by atoms with Crippen LogP contribution < -0.4 is 10.1 Å². The van der Waals surface area contributed by atoms with Gasteiger partial charge in [-0.1, -0.05) is 19.1 Å². The molecular formula is C16H17BrN2O2. The maximum atomic E-state index is 12.3. The predicted octanol–water partition coefficient (Wildman–Crippen LogP) is 3.73. The van der Waals surface area contributed by atoms with Gasteiger partial charge in [-0.3, -0.25) is 4.79 Å². The first-order valence-corrected chi connectivity index (χ1v) is 7.50. The first-order valence-electron chi connectivity index (χ1n) is 6.71. The molecule has 1 aromatic heterocycles. The number of aromatic nitrogens is 1. The molecule has 4 nitrogen and oxygen atoms in total. The van der Waals surface area contributed by atoms with Gasteiger partial charge in [0, 0.05) is 10.7 Å². The molecule has 1 unspecified atom stereocenters. The standard InChI is InChI=1S/C16H17BrN2O2/c1-3-14(11-6-8-12(21-2)9-7-11)19-16(20)15-13(17)5-4-10-18-15/h4-10,14H,3H2,1-2H3,(H,19,20). The van der Waals surface area contributed by atoms with Gasteiger partial charge in [-0.2, -0.15) is 0 Å². The molecule has 0 aliphatic carbocycles. The molecule has 1 aromatic carbocycles. The third kappa shape index (κ3) is 3.82. The molecule has 5 heteroatoms. The van der Waals surface area contributed by atoms with Crippen LogP contribution in [0.15, 0.2) is 47.1 Å². The first-order chi connectivity index (χ1) is 10.2. The van der Waals surface area contributed by atoms with Crippen molar-refractivity contribution < 1.29 is 9.53 Å². The number of ether oxygens (including phenoxy) is 1. The second-order valence-corrected chi connectivity index (χ2v) is 5.40. The van der Waals surface area contributed by atoms with Crippen molar-refractivity contribution in [3.05, 3.63) is 58.3 Å². The number of rotatable bonds is 5. The molecule has 21 heavy (non-hydrogen) atoms. The van der Waals surface area contributed by atoms with Crippen molar-refractivity contribution in [1.82, 2.24) is 10.3 Å². The number of halogens is 1. The summed E-state index contributed by atoms with van der Waals surface area (Å²) in [6.07, 6.45) is 2.40. The van der Waals surface area contributed by atoms with E-state index < -0.39 is 0 Å². The van der Waals surface area contributed by atoms with E-state index in [2.05, 4.69) is 26.2 Å². The Bertz CT molecular complexity index is 614. The summed E-state index contributed by atoms with van der Waals surface area (Å²) in [5.74, 6) is 0.609. The highest BCUT2D eigenvalue weighted by molar-refractivity contribution is 9.10. The highest BCUT2D eigenvalue weighted by atomic mass is 79.9. The second kappa shape index (κ2) is 7.22. The molecule has 1 heterocycles.